The van der Waals surface area contributed by atoms with Crippen LogP contribution in [0.25, 0.3) is 21.7 Å². The van der Waals surface area contributed by atoms with Gasteiger partial charge in [0.05, 0.1) is 4.88 Å². The third kappa shape index (κ3) is 2.10. The van der Waals surface area contributed by atoms with Crippen molar-refractivity contribution in [1.29, 1.82) is 0 Å². The van der Waals surface area contributed by atoms with Gasteiger partial charge >= 0.3 is 0 Å². The van der Waals surface area contributed by atoms with Crippen LogP contribution in [0, 0.1) is 6.92 Å². The second-order valence-corrected chi connectivity index (χ2v) is 6.43. The van der Waals surface area contributed by atoms with Crippen LogP contribution >= 0.6 is 22.7 Å². The lowest BCUT2D eigenvalue weighted by Gasteiger charge is -1.84. The first-order valence-electron chi connectivity index (χ1n) is 6.22. The van der Waals surface area contributed by atoms with Crippen molar-refractivity contribution in [1.82, 2.24) is 14.6 Å². The molecule has 104 valence electrons. The summed E-state index contributed by atoms with van der Waals surface area (Å²) in [6.07, 6.45) is 1.72. The van der Waals surface area contributed by atoms with Crippen molar-refractivity contribution < 1.29 is 4.42 Å². The third-order valence-electron chi connectivity index (χ3n) is 2.96. The molecule has 0 bridgehead atoms. The Hall–Kier alpha value is -2.25. The SMILES string of the molecule is Cc1ccc(C=c2sc3nc(-c4cccs4)nn3c2=O)o1. The molecule has 0 aliphatic carbocycles. The first kappa shape index (κ1) is 12.5. The van der Waals surface area contributed by atoms with Gasteiger partial charge in [0, 0.05) is 6.08 Å². The van der Waals surface area contributed by atoms with Crippen molar-refractivity contribution in [2.45, 2.75) is 6.92 Å². The molecule has 0 N–H and O–H groups in total. The summed E-state index contributed by atoms with van der Waals surface area (Å²) in [5.41, 5.74) is -0.167. The standard InChI is InChI=1S/C14H9N3O2S2/c1-8-4-5-9(19-8)7-11-13(18)17-14(21-11)15-12(16-17)10-3-2-6-20-10/h2-7H,1H3. The lowest BCUT2D eigenvalue weighted by Crippen LogP contribution is -2.23. The van der Waals surface area contributed by atoms with Crippen molar-refractivity contribution in [2.75, 3.05) is 0 Å². The van der Waals surface area contributed by atoms with Crippen molar-refractivity contribution in [2.24, 2.45) is 0 Å². The average molecular weight is 315 g/mol. The van der Waals surface area contributed by atoms with Crippen LogP contribution in [0.2, 0.25) is 0 Å². The maximum atomic E-state index is 12.3. The van der Waals surface area contributed by atoms with Crippen molar-refractivity contribution in [3.8, 4) is 10.7 Å². The molecule has 0 aromatic carbocycles. The van der Waals surface area contributed by atoms with Gasteiger partial charge in [-0.3, -0.25) is 4.79 Å². The van der Waals surface area contributed by atoms with Crippen LogP contribution in [-0.4, -0.2) is 14.6 Å². The Morgan fingerprint density at radius 3 is 2.90 bits per heavy atom. The number of hydrogen-bond donors (Lipinski definition) is 0. The molecule has 0 radical (unpaired) electrons. The highest BCUT2D eigenvalue weighted by molar-refractivity contribution is 7.15. The van der Waals surface area contributed by atoms with E-state index < -0.39 is 0 Å². The number of thiophene rings is 1. The van der Waals surface area contributed by atoms with E-state index in [1.54, 1.807) is 17.4 Å². The predicted molar refractivity (Wildman–Crippen MR) is 82.7 cm³/mol. The number of thiazole rings is 1. The second kappa shape index (κ2) is 4.64. The Morgan fingerprint density at radius 2 is 2.24 bits per heavy atom. The smallest absolute Gasteiger partial charge is 0.291 e. The highest BCUT2D eigenvalue weighted by Crippen LogP contribution is 2.21. The monoisotopic (exact) mass is 315 g/mol. The van der Waals surface area contributed by atoms with Gasteiger partial charge in [0.2, 0.25) is 4.96 Å². The summed E-state index contributed by atoms with van der Waals surface area (Å²) in [7, 11) is 0. The highest BCUT2D eigenvalue weighted by Gasteiger charge is 2.12. The van der Waals surface area contributed by atoms with Gasteiger partial charge in [-0.2, -0.15) is 9.50 Å². The lowest BCUT2D eigenvalue weighted by atomic mass is 10.4. The Balaban J connectivity index is 1.86. The molecule has 0 amide bonds. The number of aromatic nitrogens is 3. The Bertz CT molecular complexity index is 1020. The fourth-order valence-corrected chi connectivity index (χ4v) is 3.54. The molecule has 0 aliphatic heterocycles. The van der Waals surface area contributed by atoms with Crippen molar-refractivity contribution >= 4 is 33.7 Å². The fourth-order valence-electron chi connectivity index (χ4n) is 2.00. The van der Waals surface area contributed by atoms with E-state index in [4.69, 9.17) is 4.42 Å². The van der Waals surface area contributed by atoms with Crippen LogP contribution in [0.4, 0.5) is 0 Å². The topological polar surface area (TPSA) is 60.4 Å². The number of nitrogens with zero attached hydrogens (tertiary/aromatic N) is 3. The van der Waals surface area contributed by atoms with Gasteiger partial charge in [0.1, 0.15) is 16.1 Å². The summed E-state index contributed by atoms with van der Waals surface area (Å²) in [5.74, 6) is 2.06. The van der Waals surface area contributed by atoms with Gasteiger partial charge in [0.15, 0.2) is 5.82 Å². The fraction of sp³-hybridized carbons (Fsp3) is 0.0714. The number of rotatable bonds is 2. The average Bonchev–Trinajstić information content (AvgIpc) is 3.18. The lowest BCUT2D eigenvalue weighted by molar-refractivity contribution is 0.525. The van der Waals surface area contributed by atoms with Crippen LogP contribution in [0.15, 0.2) is 38.9 Å². The molecule has 0 saturated heterocycles. The van der Waals surface area contributed by atoms with E-state index in [-0.39, 0.29) is 5.56 Å². The quantitative estimate of drug-likeness (QED) is 0.569. The second-order valence-electron chi connectivity index (χ2n) is 4.47. The Kier molecular flexibility index (Phi) is 2.76. The van der Waals surface area contributed by atoms with E-state index in [2.05, 4.69) is 10.1 Å². The number of hydrogen-bond acceptors (Lipinski definition) is 6. The zero-order chi connectivity index (χ0) is 14.4. The Labute approximate surface area is 126 Å². The van der Waals surface area contributed by atoms with Gasteiger partial charge in [-0.25, -0.2) is 0 Å². The molecular formula is C14H9N3O2S2. The summed E-state index contributed by atoms with van der Waals surface area (Å²) in [4.78, 5) is 18.3. The number of furan rings is 1. The first-order valence-corrected chi connectivity index (χ1v) is 7.92. The van der Waals surface area contributed by atoms with Gasteiger partial charge in [-0.1, -0.05) is 17.4 Å². The molecule has 21 heavy (non-hydrogen) atoms. The van der Waals surface area contributed by atoms with Crippen molar-refractivity contribution in [3.63, 3.8) is 0 Å². The summed E-state index contributed by atoms with van der Waals surface area (Å²) in [6.45, 7) is 1.87. The molecule has 4 aromatic rings. The zero-order valence-electron chi connectivity index (χ0n) is 10.9. The molecule has 7 heteroatoms. The van der Waals surface area contributed by atoms with Crippen LogP contribution in [0.3, 0.4) is 0 Å². The minimum absolute atomic E-state index is 0.167. The molecule has 0 aliphatic rings. The summed E-state index contributed by atoms with van der Waals surface area (Å²) in [5, 5.41) is 6.24. The number of aryl methyl sites for hydroxylation is 1. The largest absolute Gasteiger partial charge is 0.462 e. The molecule has 0 spiro atoms. The summed E-state index contributed by atoms with van der Waals surface area (Å²) in [6, 6.07) is 7.57. The van der Waals surface area contributed by atoms with E-state index in [0.717, 1.165) is 10.6 Å². The molecule has 0 fully saturated rings. The molecule has 4 rings (SSSR count). The van der Waals surface area contributed by atoms with Crippen LogP contribution in [0.1, 0.15) is 11.5 Å². The van der Waals surface area contributed by atoms with Gasteiger partial charge < -0.3 is 4.42 Å². The van der Waals surface area contributed by atoms with Gasteiger partial charge in [0.25, 0.3) is 5.56 Å². The van der Waals surface area contributed by atoms with E-state index in [1.807, 2.05) is 36.6 Å². The molecular weight excluding hydrogens is 306 g/mol. The number of fused-ring (bicyclic) bond motifs is 1. The molecule has 4 aromatic heterocycles. The minimum atomic E-state index is -0.167. The van der Waals surface area contributed by atoms with Gasteiger partial charge in [-0.15, -0.1) is 16.4 Å². The molecule has 0 unspecified atom stereocenters. The van der Waals surface area contributed by atoms with Gasteiger partial charge in [-0.05, 0) is 30.5 Å². The minimum Gasteiger partial charge on any atom is -0.462 e. The van der Waals surface area contributed by atoms with E-state index in [9.17, 15) is 4.79 Å². The van der Waals surface area contributed by atoms with Crippen LogP contribution in [0.5, 0.6) is 0 Å². The summed E-state index contributed by atoms with van der Waals surface area (Å²) >= 11 is 2.86. The van der Waals surface area contributed by atoms with E-state index in [0.29, 0.717) is 21.1 Å². The highest BCUT2D eigenvalue weighted by atomic mass is 32.1. The van der Waals surface area contributed by atoms with E-state index >= 15 is 0 Å². The summed E-state index contributed by atoms with van der Waals surface area (Å²) < 4.78 is 7.38. The predicted octanol–water partition coefficient (Wildman–Crippen LogP) is 2.33. The molecule has 0 saturated carbocycles. The van der Waals surface area contributed by atoms with Crippen LogP contribution < -0.4 is 10.1 Å². The van der Waals surface area contributed by atoms with Crippen LogP contribution in [-0.2, 0) is 0 Å². The Morgan fingerprint density at radius 1 is 1.33 bits per heavy atom. The molecule has 4 heterocycles. The molecule has 5 nitrogen and oxygen atoms in total. The molecule has 0 atom stereocenters. The third-order valence-corrected chi connectivity index (χ3v) is 4.78. The maximum absolute atomic E-state index is 12.3. The maximum Gasteiger partial charge on any atom is 0.291 e. The zero-order valence-corrected chi connectivity index (χ0v) is 12.6. The van der Waals surface area contributed by atoms with E-state index in [1.165, 1.54) is 15.9 Å². The first-order chi connectivity index (χ1) is 10.2. The van der Waals surface area contributed by atoms with Crippen molar-refractivity contribution in [3.05, 3.63) is 56.1 Å². The normalized spacial score (nSPS) is 12.5.